The number of thioether (sulfide) groups is 1. The van der Waals surface area contributed by atoms with Crippen molar-refractivity contribution in [2.75, 3.05) is 42.4 Å². The number of aliphatic hydroxyl groups excluding tert-OH is 1. The van der Waals surface area contributed by atoms with E-state index >= 15 is 0 Å². The first-order chi connectivity index (χ1) is 24.1. The number of amides is 4. The number of phenols is 1. The average molecular weight is 759 g/mol. The molecule has 5 rings (SSSR count). The second-order valence-corrected chi connectivity index (χ2v) is 14.9. The maximum atomic E-state index is 13.3. The van der Waals surface area contributed by atoms with Crippen molar-refractivity contribution in [1.29, 1.82) is 0 Å². The molecule has 50 heavy (non-hydrogen) atoms. The van der Waals surface area contributed by atoms with Crippen molar-refractivity contribution in [3.8, 4) is 16.5 Å². The van der Waals surface area contributed by atoms with Crippen LogP contribution in [0.2, 0.25) is 0 Å². The number of halogens is 1. The number of anilines is 1. The molecule has 3 atom stereocenters. The first-order valence-electron chi connectivity index (χ1n) is 16.1. The van der Waals surface area contributed by atoms with Gasteiger partial charge in [-0.05, 0) is 36.3 Å². The number of carbonyl (C=O) groups is 4. The summed E-state index contributed by atoms with van der Waals surface area (Å²) in [6.45, 7) is 2.53. The summed E-state index contributed by atoms with van der Waals surface area (Å²) in [7, 11) is 0. The molecule has 2 aromatic heterocycles. The first-order valence-corrected chi connectivity index (χ1v) is 19.8. The van der Waals surface area contributed by atoms with Gasteiger partial charge in [-0.2, -0.15) is 11.8 Å². The predicted molar refractivity (Wildman–Crippen MR) is 200 cm³/mol. The van der Waals surface area contributed by atoms with Gasteiger partial charge in [-0.15, -0.1) is 34.3 Å². The van der Waals surface area contributed by atoms with Gasteiger partial charge in [-0.3, -0.25) is 19.2 Å². The molecule has 3 heterocycles. The molecular formula is C34H39ClN6O6S3. The molecular weight excluding hydrogens is 720 g/mol. The Hall–Kier alpha value is -3.76. The van der Waals surface area contributed by atoms with Gasteiger partial charge in [0.15, 0.2) is 0 Å². The van der Waals surface area contributed by atoms with Gasteiger partial charge in [0, 0.05) is 72.9 Å². The van der Waals surface area contributed by atoms with E-state index in [1.807, 2.05) is 35.9 Å². The number of benzene rings is 2. The van der Waals surface area contributed by atoms with Crippen LogP contribution in [-0.4, -0.2) is 93.5 Å². The molecule has 1 unspecified atom stereocenters. The number of rotatable bonds is 16. The Kier molecular flexibility index (Phi) is 13.1. The van der Waals surface area contributed by atoms with E-state index in [1.165, 1.54) is 29.6 Å². The summed E-state index contributed by atoms with van der Waals surface area (Å²) in [5, 5.41) is 35.5. The maximum Gasteiger partial charge on any atom is 0.270 e. The highest BCUT2D eigenvalue weighted by Gasteiger charge is 2.34. The van der Waals surface area contributed by atoms with Gasteiger partial charge < -0.3 is 31.1 Å². The van der Waals surface area contributed by atoms with Crippen LogP contribution < -0.4 is 20.9 Å². The third kappa shape index (κ3) is 8.93. The Morgan fingerprint density at radius 3 is 2.60 bits per heavy atom. The molecule has 2 aromatic carbocycles. The lowest BCUT2D eigenvalue weighted by Crippen LogP contribution is -2.52. The van der Waals surface area contributed by atoms with E-state index in [9.17, 15) is 29.4 Å². The van der Waals surface area contributed by atoms with Gasteiger partial charge in [0.25, 0.3) is 5.91 Å². The van der Waals surface area contributed by atoms with Crippen molar-refractivity contribution < 1.29 is 29.4 Å². The minimum absolute atomic E-state index is 0.0537. The van der Waals surface area contributed by atoms with Crippen LogP contribution in [0.3, 0.4) is 0 Å². The largest absolute Gasteiger partial charge is 0.507 e. The number of thiazole rings is 2. The number of alkyl halides is 1. The van der Waals surface area contributed by atoms with E-state index in [-0.39, 0.29) is 48.7 Å². The van der Waals surface area contributed by atoms with E-state index in [0.717, 1.165) is 28.1 Å². The summed E-state index contributed by atoms with van der Waals surface area (Å²) < 4.78 is 0. The number of fused-ring (bicyclic) bond motifs is 3. The zero-order valence-electron chi connectivity index (χ0n) is 27.6. The Labute approximate surface area is 307 Å². The third-order valence-corrected chi connectivity index (χ3v) is 11.1. The monoisotopic (exact) mass is 758 g/mol. The Morgan fingerprint density at radius 1 is 1.08 bits per heavy atom. The SMILES string of the molecule is CSCCCNC(=O)c1csc(-c2csc(CCNC(=O)[C@@H](NC(=O)CCC(=O)N3CC(CCl)c4c3cc(O)c3ccccc43)[C@@H](C)O)n2)n1. The highest BCUT2D eigenvalue weighted by molar-refractivity contribution is 7.98. The molecule has 12 nitrogen and oxygen atoms in total. The van der Waals surface area contributed by atoms with Gasteiger partial charge in [-0.25, -0.2) is 9.97 Å². The van der Waals surface area contributed by atoms with Crippen molar-refractivity contribution in [3.05, 3.63) is 57.4 Å². The van der Waals surface area contributed by atoms with Gasteiger partial charge in [0.05, 0.1) is 16.8 Å². The van der Waals surface area contributed by atoms with Crippen molar-refractivity contribution in [2.24, 2.45) is 0 Å². The molecule has 266 valence electrons. The summed E-state index contributed by atoms with van der Waals surface area (Å²) in [6.07, 6.45) is 1.79. The zero-order chi connectivity index (χ0) is 35.8. The van der Waals surface area contributed by atoms with Crippen LogP contribution in [0, 0.1) is 0 Å². The molecule has 4 aromatic rings. The van der Waals surface area contributed by atoms with Crippen molar-refractivity contribution >= 4 is 86.1 Å². The van der Waals surface area contributed by atoms with E-state index in [0.29, 0.717) is 47.0 Å². The molecule has 0 aliphatic carbocycles. The van der Waals surface area contributed by atoms with Crippen LogP contribution in [0.1, 0.15) is 53.2 Å². The lowest BCUT2D eigenvalue weighted by molar-refractivity contribution is -0.132. The van der Waals surface area contributed by atoms with Crippen LogP contribution in [0.15, 0.2) is 41.1 Å². The number of phenolic OH excluding ortho intramolecular Hbond substituents is 1. The average Bonchev–Trinajstić information content (AvgIpc) is 3.87. The summed E-state index contributed by atoms with van der Waals surface area (Å²) in [5.41, 5.74) is 2.46. The van der Waals surface area contributed by atoms with Crippen LogP contribution in [-0.2, 0) is 20.8 Å². The quantitative estimate of drug-likeness (QED) is 0.0826. The molecule has 5 N–H and O–H groups in total. The van der Waals surface area contributed by atoms with E-state index in [2.05, 4.69) is 25.9 Å². The van der Waals surface area contributed by atoms with E-state index in [4.69, 9.17) is 11.6 Å². The minimum Gasteiger partial charge on any atom is -0.507 e. The number of aromatic nitrogens is 2. The molecule has 0 spiro atoms. The summed E-state index contributed by atoms with van der Waals surface area (Å²) in [5.74, 6) is -0.481. The van der Waals surface area contributed by atoms with Crippen molar-refractivity contribution in [2.45, 2.75) is 50.7 Å². The molecule has 4 amide bonds. The number of nitrogens with one attached hydrogen (secondary N) is 3. The number of nitrogens with zero attached hydrogens (tertiary/aromatic N) is 3. The molecule has 16 heteroatoms. The normalized spacial score (nSPS) is 15.0. The minimum atomic E-state index is -1.22. The predicted octanol–water partition coefficient (Wildman–Crippen LogP) is 4.28. The van der Waals surface area contributed by atoms with E-state index in [1.54, 1.807) is 28.1 Å². The molecule has 0 radical (unpaired) electrons. The fourth-order valence-electron chi connectivity index (χ4n) is 5.73. The highest BCUT2D eigenvalue weighted by Crippen LogP contribution is 2.45. The van der Waals surface area contributed by atoms with Crippen LogP contribution in [0.4, 0.5) is 5.69 Å². The molecule has 0 saturated heterocycles. The summed E-state index contributed by atoms with van der Waals surface area (Å²) >= 11 is 10.7. The Bertz CT molecular complexity index is 1850. The lowest BCUT2D eigenvalue weighted by Gasteiger charge is -2.21. The van der Waals surface area contributed by atoms with Gasteiger partial charge in [-0.1, -0.05) is 24.3 Å². The topological polar surface area (TPSA) is 174 Å². The summed E-state index contributed by atoms with van der Waals surface area (Å²) in [4.78, 5) is 62.0. The van der Waals surface area contributed by atoms with Gasteiger partial charge in [0.2, 0.25) is 17.7 Å². The fraction of sp³-hybridized carbons (Fsp3) is 0.412. The molecule has 0 saturated carbocycles. The van der Waals surface area contributed by atoms with Gasteiger partial charge in [0.1, 0.15) is 28.2 Å². The van der Waals surface area contributed by atoms with Crippen molar-refractivity contribution in [3.63, 3.8) is 0 Å². The Balaban J connectivity index is 1.10. The molecule has 1 aliphatic heterocycles. The lowest BCUT2D eigenvalue weighted by atomic mass is 9.95. The van der Waals surface area contributed by atoms with Gasteiger partial charge >= 0.3 is 0 Å². The maximum absolute atomic E-state index is 13.3. The first kappa shape index (κ1) is 37.5. The summed E-state index contributed by atoms with van der Waals surface area (Å²) in [6, 6.07) is 7.74. The number of carbonyl (C=O) groups excluding carboxylic acids is 4. The standard InChI is InChI=1S/C34H39ClN6O6S3/c1-19(42)31(33(47)37-12-10-28-38-24(18-49-28)34-39-23(17-50-34)32(46)36-11-5-13-48-2)40-27(44)8-9-29(45)41-16-20(15-35)30-22-7-4-3-6-21(22)26(43)14-25(30)41/h3-4,6-7,14,17-20,31,42-43H,5,8-13,15-16H2,1-2H3,(H,36,46)(H,37,47)(H,40,44)/t19-,20?,31+/m1/s1. The van der Waals surface area contributed by atoms with Crippen LogP contribution >= 0.6 is 46.0 Å². The highest BCUT2D eigenvalue weighted by atomic mass is 35.5. The van der Waals surface area contributed by atoms with E-state index < -0.39 is 24.0 Å². The second kappa shape index (κ2) is 17.4. The third-order valence-electron chi connectivity index (χ3n) is 8.24. The molecule has 1 aliphatic rings. The smallest absolute Gasteiger partial charge is 0.270 e. The fourth-order valence-corrected chi connectivity index (χ4v) is 8.03. The molecule has 0 bridgehead atoms. The van der Waals surface area contributed by atoms with Crippen LogP contribution in [0.5, 0.6) is 5.75 Å². The van der Waals surface area contributed by atoms with Crippen LogP contribution in [0.25, 0.3) is 21.5 Å². The second-order valence-electron chi connectivity index (χ2n) is 11.8. The number of aliphatic hydroxyl groups is 1. The van der Waals surface area contributed by atoms with Crippen molar-refractivity contribution in [1.82, 2.24) is 25.9 Å². The Morgan fingerprint density at radius 2 is 1.86 bits per heavy atom. The number of aromatic hydroxyl groups is 1. The zero-order valence-corrected chi connectivity index (χ0v) is 30.8. The molecule has 0 fully saturated rings. The number of hydrogen-bond donors (Lipinski definition) is 5. The number of hydrogen-bond acceptors (Lipinski definition) is 11.